The van der Waals surface area contributed by atoms with Gasteiger partial charge in [0.05, 0.1) is 6.54 Å². The van der Waals surface area contributed by atoms with Crippen LogP contribution in [-0.4, -0.2) is 26.7 Å². The predicted molar refractivity (Wildman–Crippen MR) is 57.0 cm³/mol. The fourth-order valence-corrected chi connectivity index (χ4v) is 1.07. The van der Waals surface area contributed by atoms with E-state index < -0.39 is 0 Å². The van der Waals surface area contributed by atoms with Gasteiger partial charge in [-0.05, 0) is 12.6 Å². The summed E-state index contributed by atoms with van der Waals surface area (Å²) >= 11 is 0. The maximum absolute atomic E-state index is 5.31. The van der Waals surface area contributed by atoms with Gasteiger partial charge in [0.15, 0.2) is 0 Å². The van der Waals surface area contributed by atoms with Crippen LogP contribution in [0.2, 0.25) is 0 Å². The molecule has 0 bridgehead atoms. The van der Waals surface area contributed by atoms with E-state index in [-0.39, 0.29) is 0 Å². The molecule has 0 amide bonds. The molecule has 0 aliphatic rings. The molecule has 0 fully saturated rings. The summed E-state index contributed by atoms with van der Waals surface area (Å²) in [6.07, 6.45) is 3.26. The summed E-state index contributed by atoms with van der Waals surface area (Å²) in [5.41, 5.74) is 0. The highest BCUT2D eigenvalue weighted by Crippen LogP contribution is 2.09. The molecular formula is C9H12N6O. The Bertz CT molecular complexity index is 429. The SMILES string of the molecule is CCNCc1nnc(Nc2ncccn2)o1. The molecule has 0 atom stereocenters. The molecule has 2 N–H and O–H groups in total. The molecule has 84 valence electrons. The molecule has 0 radical (unpaired) electrons. The summed E-state index contributed by atoms with van der Waals surface area (Å²) in [4.78, 5) is 7.96. The van der Waals surface area contributed by atoms with Gasteiger partial charge in [0.1, 0.15) is 0 Å². The van der Waals surface area contributed by atoms with Crippen LogP contribution < -0.4 is 10.6 Å². The lowest BCUT2D eigenvalue weighted by Gasteiger charge is -1.97. The number of anilines is 2. The van der Waals surface area contributed by atoms with Crippen LogP contribution in [0, 0.1) is 0 Å². The summed E-state index contributed by atoms with van der Waals surface area (Å²) < 4.78 is 5.31. The van der Waals surface area contributed by atoms with Crippen molar-refractivity contribution in [2.45, 2.75) is 13.5 Å². The molecule has 7 nitrogen and oxygen atoms in total. The van der Waals surface area contributed by atoms with Crippen molar-refractivity contribution in [3.63, 3.8) is 0 Å². The molecule has 0 saturated carbocycles. The summed E-state index contributed by atoms with van der Waals surface area (Å²) in [6.45, 7) is 3.42. The second-order valence-corrected chi connectivity index (χ2v) is 2.98. The Balaban J connectivity index is 1.97. The second-order valence-electron chi connectivity index (χ2n) is 2.98. The van der Waals surface area contributed by atoms with Crippen LogP contribution in [0.5, 0.6) is 0 Å². The zero-order valence-electron chi connectivity index (χ0n) is 8.84. The first kappa shape index (κ1) is 10.5. The third kappa shape index (κ3) is 2.74. The molecule has 2 aromatic rings. The lowest BCUT2D eigenvalue weighted by Crippen LogP contribution is -2.11. The molecule has 0 saturated heterocycles. The monoisotopic (exact) mass is 220 g/mol. The molecule has 0 aliphatic heterocycles. The number of aromatic nitrogens is 4. The van der Waals surface area contributed by atoms with Gasteiger partial charge in [0, 0.05) is 12.4 Å². The minimum atomic E-state index is 0.291. The lowest BCUT2D eigenvalue weighted by atomic mass is 10.6. The van der Waals surface area contributed by atoms with Gasteiger partial charge in [-0.1, -0.05) is 12.0 Å². The molecule has 0 aliphatic carbocycles. The van der Waals surface area contributed by atoms with E-state index >= 15 is 0 Å². The van der Waals surface area contributed by atoms with Crippen molar-refractivity contribution >= 4 is 12.0 Å². The third-order valence-electron chi connectivity index (χ3n) is 1.78. The van der Waals surface area contributed by atoms with Crippen molar-refractivity contribution in [3.05, 3.63) is 24.4 Å². The van der Waals surface area contributed by atoms with E-state index in [4.69, 9.17) is 4.42 Å². The first-order valence-corrected chi connectivity index (χ1v) is 4.95. The van der Waals surface area contributed by atoms with Crippen molar-refractivity contribution in [3.8, 4) is 0 Å². The Morgan fingerprint density at radius 3 is 2.81 bits per heavy atom. The van der Waals surface area contributed by atoms with Gasteiger partial charge in [-0.2, -0.15) is 0 Å². The van der Waals surface area contributed by atoms with E-state index in [1.54, 1.807) is 18.5 Å². The van der Waals surface area contributed by atoms with Crippen LogP contribution in [0.4, 0.5) is 12.0 Å². The van der Waals surface area contributed by atoms with E-state index in [9.17, 15) is 0 Å². The van der Waals surface area contributed by atoms with Gasteiger partial charge >= 0.3 is 6.01 Å². The summed E-state index contributed by atoms with van der Waals surface area (Å²) in [6, 6.07) is 2.02. The number of rotatable bonds is 5. The molecule has 16 heavy (non-hydrogen) atoms. The first-order valence-electron chi connectivity index (χ1n) is 4.95. The number of nitrogens with zero attached hydrogens (tertiary/aromatic N) is 4. The van der Waals surface area contributed by atoms with Crippen LogP contribution in [0.25, 0.3) is 0 Å². The average molecular weight is 220 g/mol. The Hall–Kier alpha value is -2.02. The van der Waals surface area contributed by atoms with E-state index in [0.29, 0.717) is 24.4 Å². The van der Waals surface area contributed by atoms with E-state index in [1.807, 2.05) is 6.92 Å². The summed E-state index contributed by atoms with van der Waals surface area (Å²) in [5.74, 6) is 0.960. The van der Waals surface area contributed by atoms with Crippen molar-refractivity contribution in [1.29, 1.82) is 0 Å². The predicted octanol–water partition coefficient (Wildman–Crippen LogP) is 0.713. The number of hydrogen-bond donors (Lipinski definition) is 2. The maximum Gasteiger partial charge on any atom is 0.322 e. The minimum absolute atomic E-state index is 0.291. The van der Waals surface area contributed by atoms with Gasteiger partial charge in [-0.15, -0.1) is 5.10 Å². The molecule has 7 heteroatoms. The standard InChI is InChI=1S/C9H12N6O/c1-2-10-6-7-14-15-9(16-7)13-8-11-4-3-5-12-8/h3-5,10H,2,6H2,1H3,(H,11,12,13,15). The molecule has 2 heterocycles. The van der Waals surface area contributed by atoms with Crippen LogP contribution in [-0.2, 0) is 6.54 Å². The van der Waals surface area contributed by atoms with Gasteiger partial charge in [-0.3, -0.25) is 5.32 Å². The largest absolute Gasteiger partial charge is 0.406 e. The highest BCUT2D eigenvalue weighted by molar-refractivity contribution is 5.38. The molecule has 0 spiro atoms. The van der Waals surface area contributed by atoms with Gasteiger partial charge < -0.3 is 9.73 Å². The van der Waals surface area contributed by atoms with Crippen LogP contribution in [0.3, 0.4) is 0 Å². The molecule has 0 aromatic carbocycles. The fraction of sp³-hybridized carbons (Fsp3) is 0.333. The molecule has 2 aromatic heterocycles. The summed E-state index contributed by atoms with van der Waals surface area (Å²) in [5, 5.41) is 13.6. The number of nitrogens with one attached hydrogen (secondary N) is 2. The summed E-state index contributed by atoms with van der Waals surface area (Å²) in [7, 11) is 0. The Labute approximate surface area is 92.3 Å². The zero-order valence-corrected chi connectivity index (χ0v) is 8.84. The van der Waals surface area contributed by atoms with Crippen LogP contribution in [0.15, 0.2) is 22.9 Å². The Kier molecular flexibility index (Phi) is 3.39. The normalized spacial score (nSPS) is 10.3. The van der Waals surface area contributed by atoms with Gasteiger partial charge in [-0.25, -0.2) is 9.97 Å². The Morgan fingerprint density at radius 1 is 1.25 bits per heavy atom. The molecule has 2 rings (SSSR count). The topological polar surface area (TPSA) is 88.8 Å². The van der Waals surface area contributed by atoms with Crippen LogP contribution in [0.1, 0.15) is 12.8 Å². The van der Waals surface area contributed by atoms with Crippen molar-refractivity contribution < 1.29 is 4.42 Å². The van der Waals surface area contributed by atoms with Crippen molar-refractivity contribution in [1.82, 2.24) is 25.5 Å². The van der Waals surface area contributed by atoms with E-state index in [1.165, 1.54) is 0 Å². The van der Waals surface area contributed by atoms with Crippen molar-refractivity contribution in [2.24, 2.45) is 0 Å². The lowest BCUT2D eigenvalue weighted by molar-refractivity contribution is 0.484. The maximum atomic E-state index is 5.31. The molecular weight excluding hydrogens is 208 g/mol. The first-order chi connectivity index (χ1) is 7.88. The minimum Gasteiger partial charge on any atom is -0.406 e. The quantitative estimate of drug-likeness (QED) is 0.767. The highest BCUT2D eigenvalue weighted by atomic mass is 16.4. The fourth-order valence-electron chi connectivity index (χ4n) is 1.07. The third-order valence-corrected chi connectivity index (χ3v) is 1.78. The van der Waals surface area contributed by atoms with Gasteiger partial charge in [0.25, 0.3) is 0 Å². The zero-order chi connectivity index (χ0) is 11.2. The van der Waals surface area contributed by atoms with Gasteiger partial charge in [0.2, 0.25) is 11.8 Å². The van der Waals surface area contributed by atoms with E-state index in [2.05, 4.69) is 30.8 Å². The van der Waals surface area contributed by atoms with E-state index in [0.717, 1.165) is 6.54 Å². The second kappa shape index (κ2) is 5.17. The highest BCUT2D eigenvalue weighted by Gasteiger charge is 2.05. The average Bonchev–Trinajstić information content (AvgIpc) is 2.75. The van der Waals surface area contributed by atoms with Crippen molar-refractivity contribution in [2.75, 3.05) is 11.9 Å². The smallest absolute Gasteiger partial charge is 0.322 e. The Morgan fingerprint density at radius 2 is 2.06 bits per heavy atom. The molecule has 0 unspecified atom stereocenters. The number of hydrogen-bond acceptors (Lipinski definition) is 7. The van der Waals surface area contributed by atoms with Crippen LogP contribution >= 0.6 is 0 Å².